The van der Waals surface area contributed by atoms with E-state index in [4.69, 9.17) is 9.47 Å². The van der Waals surface area contributed by atoms with Crippen molar-refractivity contribution in [3.8, 4) is 0 Å². The van der Waals surface area contributed by atoms with Crippen LogP contribution in [0.5, 0.6) is 0 Å². The molecule has 2 fully saturated rings. The molecule has 2 heterocycles. The topological polar surface area (TPSA) is 82.6 Å². The van der Waals surface area contributed by atoms with Crippen LogP contribution < -0.4 is 4.90 Å². The molecule has 0 saturated carbocycles. The largest absolute Gasteiger partial charge is 0.444 e. The molecule has 9 nitrogen and oxygen atoms in total. The molecular formula is C29H40N4O5. The Balaban J connectivity index is 1.45. The van der Waals surface area contributed by atoms with Crippen LogP contribution in [-0.2, 0) is 9.47 Å². The van der Waals surface area contributed by atoms with Gasteiger partial charge in [0.15, 0.2) is 0 Å². The fourth-order valence-electron chi connectivity index (χ4n) is 4.79. The maximum absolute atomic E-state index is 13.6. The number of fused-ring (bicyclic) bond motifs is 1. The maximum Gasteiger partial charge on any atom is 0.410 e. The molecule has 0 bridgehead atoms. The Kier molecular flexibility index (Phi) is 7.76. The summed E-state index contributed by atoms with van der Waals surface area (Å²) in [6.45, 7) is 15.5. The first-order chi connectivity index (χ1) is 17.8. The molecule has 2 saturated heterocycles. The lowest BCUT2D eigenvalue weighted by Gasteiger charge is -2.37. The van der Waals surface area contributed by atoms with E-state index in [9.17, 15) is 14.4 Å². The molecule has 2 aliphatic rings. The van der Waals surface area contributed by atoms with Crippen molar-refractivity contribution in [2.75, 3.05) is 57.3 Å². The average Bonchev–Trinajstić information content (AvgIpc) is 2.86. The molecule has 0 N–H and O–H groups in total. The molecule has 0 aliphatic carbocycles. The van der Waals surface area contributed by atoms with Gasteiger partial charge in [0, 0.05) is 69.0 Å². The number of piperazine rings is 2. The SMILES string of the molecule is CC(C)(C)OC(=O)N1CCN(C(=O)c2ccc(N3CCN(C(=O)OC(C)(C)C)CC3)c3ccccc23)CC1. The fraction of sp³-hybridized carbons (Fsp3) is 0.552. The molecule has 38 heavy (non-hydrogen) atoms. The van der Waals surface area contributed by atoms with Crippen molar-refractivity contribution < 1.29 is 23.9 Å². The second-order valence-electron chi connectivity index (χ2n) is 11.9. The minimum absolute atomic E-state index is 0.0358. The number of benzene rings is 2. The van der Waals surface area contributed by atoms with Gasteiger partial charge in [-0.2, -0.15) is 0 Å². The summed E-state index contributed by atoms with van der Waals surface area (Å²) in [5.41, 5.74) is 0.639. The first-order valence-electron chi connectivity index (χ1n) is 13.3. The van der Waals surface area contributed by atoms with Crippen LogP contribution in [0.2, 0.25) is 0 Å². The van der Waals surface area contributed by atoms with E-state index in [0.29, 0.717) is 57.9 Å². The highest BCUT2D eigenvalue weighted by Crippen LogP contribution is 2.31. The van der Waals surface area contributed by atoms with Gasteiger partial charge in [0.2, 0.25) is 0 Å². The van der Waals surface area contributed by atoms with Gasteiger partial charge >= 0.3 is 12.2 Å². The highest BCUT2D eigenvalue weighted by atomic mass is 16.6. The average molecular weight is 525 g/mol. The Bertz CT molecular complexity index is 1180. The van der Waals surface area contributed by atoms with Gasteiger partial charge in [-0.1, -0.05) is 24.3 Å². The molecule has 2 aromatic carbocycles. The third kappa shape index (κ3) is 6.49. The summed E-state index contributed by atoms with van der Waals surface area (Å²) < 4.78 is 11.0. The predicted octanol–water partition coefficient (Wildman–Crippen LogP) is 4.59. The van der Waals surface area contributed by atoms with Gasteiger partial charge in [-0.25, -0.2) is 9.59 Å². The Labute approximate surface area is 225 Å². The summed E-state index contributed by atoms with van der Waals surface area (Å²) in [7, 11) is 0. The van der Waals surface area contributed by atoms with E-state index in [1.54, 1.807) is 9.80 Å². The predicted molar refractivity (Wildman–Crippen MR) is 148 cm³/mol. The second kappa shape index (κ2) is 10.7. The summed E-state index contributed by atoms with van der Waals surface area (Å²) >= 11 is 0. The number of anilines is 1. The molecule has 2 aromatic rings. The quantitative estimate of drug-likeness (QED) is 0.572. The zero-order chi connectivity index (χ0) is 27.7. The number of hydrogen-bond acceptors (Lipinski definition) is 6. The number of hydrogen-bond donors (Lipinski definition) is 0. The third-order valence-corrected chi connectivity index (χ3v) is 6.62. The molecular weight excluding hydrogens is 484 g/mol. The Hall–Kier alpha value is -3.49. The Morgan fingerprint density at radius 2 is 1.05 bits per heavy atom. The zero-order valence-electron chi connectivity index (χ0n) is 23.5. The lowest BCUT2D eigenvalue weighted by atomic mass is 10.0. The van der Waals surface area contributed by atoms with Gasteiger partial charge in [0.25, 0.3) is 5.91 Å². The van der Waals surface area contributed by atoms with Gasteiger partial charge in [0.1, 0.15) is 11.2 Å². The summed E-state index contributed by atoms with van der Waals surface area (Å²) in [4.78, 5) is 45.9. The zero-order valence-corrected chi connectivity index (χ0v) is 23.5. The van der Waals surface area contributed by atoms with Crippen LogP contribution in [0.4, 0.5) is 15.3 Å². The second-order valence-corrected chi connectivity index (χ2v) is 11.9. The van der Waals surface area contributed by atoms with Crippen molar-refractivity contribution in [1.82, 2.24) is 14.7 Å². The van der Waals surface area contributed by atoms with Crippen LogP contribution in [0, 0.1) is 0 Å². The molecule has 0 spiro atoms. The van der Waals surface area contributed by atoms with Gasteiger partial charge < -0.3 is 29.1 Å². The van der Waals surface area contributed by atoms with Crippen molar-refractivity contribution in [3.05, 3.63) is 42.0 Å². The van der Waals surface area contributed by atoms with Crippen molar-refractivity contribution >= 4 is 34.6 Å². The van der Waals surface area contributed by atoms with Crippen LogP contribution in [0.1, 0.15) is 51.9 Å². The minimum atomic E-state index is -0.549. The first-order valence-corrected chi connectivity index (χ1v) is 13.3. The Morgan fingerprint density at radius 1 is 0.605 bits per heavy atom. The molecule has 3 amide bonds. The first kappa shape index (κ1) is 27.5. The van der Waals surface area contributed by atoms with E-state index in [1.165, 1.54) is 0 Å². The van der Waals surface area contributed by atoms with Gasteiger partial charge in [0.05, 0.1) is 0 Å². The monoisotopic (exact) mass is 524 g/mol. The molecule has 0 aromatic heterocycles. The van der Waals surface area contributed by atoms with E-state index in [1.807, 2.05) is 82.8 Å². The minimum Gasteiger partial charge on any atom is -0.444 e. The lowest BCUT2D eigenvalue weighted by molar-refractivity contribution is 0.0140. The van der Waals surface area contributed by atoms with Crippen molar-refractivity contribution in [2.24, 2.45) is 0 Å². The third-order valence-electron chi connectivity index (χ3n) is 6.62. The molecule has 0 atom stereocenters. The standard InChI is InChI=1S/C29H40N4O5/c1-28(2,3)37-26(35)32-17-13-30(14-18-32)24-12-11-23(21-9-7-8-10-22(21)24)25(34)31-15-19-33(20-16-31)27(36)38-29(4,5)6/h7-12H,13-20H2,1-6H3. The number of amides is 3. The van der Waals surface area contributed by atoms with Crippen molar-refractivity contribution in [2.45, 2.75) is 52.7 Å². The number of ether oxygens (including phenoxy) is 2. The molecule has 0 unspecified atom stereocenters. The summed E-state index contributed by atoms with van der Waals surface area (Å²) in [6, 6.07) is 11.9. The number of nitrogens with zero attached hydrogens (tertiary/aromatic N) is 4. The van der Waals surface area contributed by atoms with Crippen molar-refractivity contribution in [1.29, 1.82) is 0 Å². The summed E-state index contributed by atoms with van der Waals surface area (Å²) in [5, 5.41) is 1.91. The van der Waals surface area contributed by atoms with Crippen LogP contribution >= 0.6 is 0 Å². The van der Waals surface area contributed by atoms with E-state index in [0.717, 1.165) is 16.5 Å². The number of carbonyl (C=O) groups is 3. The molecule has 9 heteroatoms. The highest BCUT2D eigenvalue weighted by Gasteiger charge is 2.30. The summed E-state index contributed by atoms with van der Waals surface area (Å²) in [6.07, 6.45) is -0.624. The van der Waals surface area contributed by atoms with E-state index >= 15 is 0 Å². The fourth-order valence-corrected chi connectivity index (χ4v) is 4.79. The highest BCUT2D eigenvalue weighted by molar-refractivity contribution is 6.10. The van der Waals surface area contributed by atoms with Crippen molar-refractivity contribution in [3.63, 3.8) is 0 Å². The van der Waals surface area contributed by atoms with E-state index in [2.05, 4.69) is 4.90 Å². The van der Waals surface area contributed by atoms with Crippen LogP contribution in [-0.4, -0.2) is 96.4 Å². The van der Waals surface area contributed by atoms with E-state index in [-0.39, 0.29) is 18.1 Å². The normalized spacial score (nSPS) is 17.0. The molecule has 0 radical (unpaired) electrons. The number of carbonyl (C=O) groups excluding carboxylic acids is 3. The lowest BCUT2D eigenvalue weighted by Crippen LogP contribution is -2.51. The van der Waals surface area contributed by atoms with Crippen LogP contribution in [0.25, 0.3) is 10.8 Å². The Morgan fingerprint density at radius 3 is 1.55 bits per heavy atom. The maximum atomic E-state index is 13.6. The molecule has 2 aliphatic heterocycles. The number of rotatable bonds is 2. The van der Waals surface area contributed by atoms with Gasteiger partial charge in [-0.3, -0.25) is 4.79 Å². The van der Waals surface area contributed by atoms with Crippen LogP contribution in [0.3, 0.4) is 0 Å². The summed E-state index contributed by atoms with van der Waals surface area (Å²) in [5.74, 6) is -0.0358. The van der Waals surface area contributed by atoms with Gasteiger partial charge in [-0.15, -0.1) is 0 Å². The van der Waals surface area contributed by atoms with E-state index < -0.39 is 11.2 Å². The van der Waals surface area contributed by atoms with Crippen LogP contribution in [0.15, 0.2) is 36.4 Å². The molecule has 4 rings (SSSR count). The molecule has 206 valence electrons. The van der Waals surface area contributed by atoms with Gasteiger partial charge in [-0.05, 0) is 59.1 Å². The smallest absolute Gasteiger partial charge is 0.410 e.